The van der Waals surface area contributed by atoms with Crippen molar-refractivity contribution in [2.75, 3.05) is 13.1 Å². The molecule has 0 amide bonds. The summed E-state index contributed by atoms with van der Waals surface area (Å²) >= 11 is 0. The average Bonchev–Trinajstić information content (AvgIpc) is 2.77. The second-order valence-corrected chi connectivity index (χ2v) is 3.94. The molecule has 0 spiro atoms. The standard InChI is InChI=1S/C11H14N4O/c1-7-8(2)14-15-11(10(7)5-12)16-9-3-4-13-6-9/h9,13H,3-4,6H2,1-2H3. The Balaban J connectivity index is 2.26. The summed E-state index contributed by atoms with van der Waals surface area (Å²) in [5.74, 6) is 0.360. The van der Waals surface area contributed by atoms with Gasteiger partial charge < -0.3 is 10.1 Å². The van der Waals surface area contributed by atoms with E-state index in [1.165, 1.54) is 0 Å². The fourth-order valence-corrected chi connectivity index (χ4v) is 1.69. The minimum atomic E-state index is 0.100. The first-order valence-electron chi connectivity index (χ1n) is 5.33. The van der Waals surface area contributed by atoms with Crippen LogP contribution in [0.25, 0.3) is 0 Å². The van der Waals surface area contributed by atoms with Gasteiger partial charge in [-0.1, -0.05) is 0 Å². The number of ether oxygens (including phenoxy) is 1. The van der Waals surface area contributed by atoms with Crippen LogP contribution in [0.15, 0.2) is 0 Å². The van der Waals surface area contributed by atoms with Crippen LogP contribution < -0.4 is 10.1 Å². The zero-order chi connectivity index (χ0) is 11.5. The van der Waals surface area contributed by atoms with E-state index in [-0.39, 0.29) is 6.10 Å². The van der Waals surface area contributed by atoms with Gasteiger partial charge >= 0.3 is 0 Å². The number of aromatic nitrogens is 2. The number of nitrogens with one attached hydrogen (secondary N) is 1. The number of nitrogens with zero attached hydrogens (tertiary/aromatic N) is 3. The maximum absolute atomic E-state index is 9.08. The largest absolute Gasteiger partial charge is 0.471 e. The number of nitriles is 1. The molecule has 1 N–H and O–H groups in total. The van der Waals surface area contributed by atoms with Gasteiger partial charge in [0.15, 0.2) is 0 Å². The van der Waals surface area contributed by atoms with Crippen LogP contribution in [-0.2, 0) is 0 Å². The molecule has 0 aromatic carbocycles. The van der Waals surface area contributed by atoms with Crippen molar-refractivity contribution in [1.82, 2.24) is 15.5 Å². The van der Waals surface area contributed by atoms with Gasteiger partial charge in [-0.05, 0) is 32.4 Å². The third-order valence-electron chi connectivity index (χ3n) is 2.83. The average molecular weight is 218 g/mol. The Hall–Kier alpha value is -1.67. The van der Waals surface area contributed by atoms with E-state index in [4.69, 9.17) is 10.00 Å². The lowest BCUT2D eigenvalue weighted by Gasteiger charge is -2.13. The van der Waals surface area contributed by atoms with E-state index in [2.05, 4.69) is 21.6 Å². The highest BCUT2D eigenvalue weighted by Gasteiger charge is 2.20. The summed E-state index contributed by atoms with van der Waals surface area (Å²) in [5, 5.41) is 20.2. The second kappa shape index (κ2) is 4.45. The van der Waals surface area contributed by atoms with Crippen molar-refractivity contribution in [2.24, 2.45) is 0 Å². The molecule has 0 bridgehead atoms. The maximum Gasteiger partial charge on any atom is 0.252 e. The van der Waals surface area contributed by atoms with Crippen molar-refractivity contribution in [2.45, 2.75) is 26.4 Å². The van der Waals surface area contributed by atoms with E-state index in [1.807, 2.05) is 13.8 Å². The molecule has 1 saturated heterocycles. The minimum absolute atomic E-state index is 0.100. The van der Waals surface area contributed by atoms with E-state index in [0.717, 1.165) is 30.8 Å². The molecule has 1 atom stereocenters. The highest BCUT2D eigenvalue weighted by Crippen LogP contribution is 2.21. The third-order valence-corrected chi connectivity index (χ3v) is 2.83. The second-order valence-electron chi connectivity index (χ2n) is 3.94. The van der Waals surface area contributed by atoms with Gasteiger partial charge in [-0.3, -0.25) is 0 Å². The van der Waals surface area contributed by atoms with Crippen LogP contribution in [0.3, 0.4) is 0 Å². The summed E-state index contributed by atoms with van der Waals surface area (Å²) in [6, 6.07) is 2.13. The van der Waals surface area contributed by atoms with Crippen molar-refractivity contribution in [3.63, 3.8) is 0 Å². The summed E-state index contributed by atoms with van der Waals surface area (Å²) < 4.78 is 5.67. The number of hydrogen-bond donors (Lipinski definition) is 1. The Bertz CT molecular complexity index is 432. The molecule has 0 radical (unpaired) electrons. The molecular weight excluding hydrogens is 204 g/mol. The molecule has 1 aromatic heterocycles. The van der Waals surface area contributed by atoms with Gasteiger partial charge in [0.2, 0.25) is 0 Å². The van der Waals surface area contributed by atoms with Crippen molar-refractivity contribution >= 4 is 0 Å². The van der Waals surface area contributed by atoms with Crippen LogP contribution >= 0.6 is 0 Å². The number of hydrogen-bond acceptors (Lipinski definition) is 5. The molecule has 5 heteroatoms. The van der Waals surface area contributed by atoms with Crippen LogP contribution in [0.2, 0.25) is 0 Å². The predicted molar refractivity (Wildman–Crippen MR) is 58.1 cm³/mol. The Labute approximate surface area is 94.4 Å². The van der Waals surface area contributed by atoms with Crippen LogP contribution in [0.4, 0.5) is 0 Å². The molecule has 0 aliphatic carbocycles. The van der Waals surface area contributed by atoms with E-state index in [1.54, 1.807) is 0 Å². The fourth-order valence-electron chi connectivity index (χ4n) is 1.69. The van der Waals surface area contributed by atoms with Crippen molar-refractivity contribution < 1.29 is 4.74 Å². The Kier molecular flexibility index (Phi) is 3.02. The van der Waals surface area contributed by atoms with Crippen LogP contribution in [0.5, 0.6) is 5.88 Å². The van der Waals surface area contributed by atoms with Crippen LogP contribution in [0, 0.1) is 25.2 Å². The summed E-state index contributed by atoms with van der Waals surface area (Å²) in [6.07, 6.45) is 1.04. The Morgan fingerprint density at radius 3 is 2.88 bits per heavy atom. The van der Waals surface area contributed by atoms with Gasteiger partial charge in [-0.15, -0.1) is 5.10 Å². The molecule has 1 unspecified atom stereocenters. The number of aryl methyl sites for hydroxylation is 1. The molecule has 84 valence electrons. The Morgan fingerprint density at radius 1 is 1.44 bits per heavy atom. The van der Waals surface area contributed by atoms with E-state index in [0.29, 0.717) is 11.4 Å². The van der Waals surface area contributed by atoms with E-state index >= 15 is 0 Å². The SMILES string of the molecule is Cc1nnc(OC2CCNC2)c(C#N)c1C. The molecule has 0 saturated carbocycles. The zero-order valence-electron chi connectivity index (χ0n) is 9.45. The molecule has 5 nitrogen and oxygen atoms in total. The van der Waals surface area contributed by atoms with E-state index < -0.39 is 0 Å². The van der Waals surface area contributed by atoms with Crippen molar-refractivity contribution in [3.05, 3.63) is 16.8 Å². The predicted octanol–water partition coefficient (Wildman–Crippen LogP) is 0.706. The van der Waals surface area contributed by atoms with E-state index in [9.17, 15) is 0 Å². The van der Waals surface area contributed by atoms with Gasteiger partial charge in [-0.25, -0.2) is 0 Å². The lowest BCUT2D eigenvalue weighted by molar-refractivity contribution is 0.210. The smallest absolute Gasteiger partial charge is 0.252 e. The normalized spacial score (nSPS) is 19.4. The number of rotatable bonds is 2. The van der Waals surface area contributed by atoms with Gasteiger partial charge in [-0.2, -0.15) is 10.4 Å². The van der Waals surface area contributed by atoms with Crippen LogP contribution in [0.1, 0.15) is 23.2 Å². The summed E-state index contributed by atoms with van der Waals surface area (Å²) in [7, 11) is 0. The van der Waals surface area contributed by atoms with Gasteiger partial charge in [0.25, 0.3) is 5.88 Å². The first-order chi connectivity index (χ1) is 7.72. The molecule has 16 heavy (non-hydrogen) atoms. The lowest BCUT2D eigenvalue weighted by atomic mass is 10.1. The quantitative estimate of drug-likeness (QED) is 0.791. The van der Waals surface area contributed by atoms with Gasteiger partial charge in [0.05, 0.1) is 5.69 Å². The monoisotopic (exact) mass is 218 g/mol. The van der Waals surface area contributed by atoms with Crippen molar-refractivity contribution in [1.29, 1.82) is 5.26 Å². The highest BCUT2D eigenvalue weighted by atomic mass is 16.5. The Morgan fingerprint density at radius 2 is 2.25 bits per heavy atom. The zero-order valence-corrected chi connectivity index (χ0v) is 9.45. The van der Waals surface area contributed by atoms with Gasteiger partial charge in [0, 0.05) is 6.54 Å². The maximum atomic E-state index is 9.08. The molecule has 2 rings (SSSR count). The summed E-state index contributed by atoms with van der Waals surface area (Å²) in [4.78, 5) is 0. The summed E-state index contributed by atoms with van der Waals surface area (Å²) in [6.45, 7) is 5.46. The van der Waals surface area contributed by atoms with Crippen molar-refractivity contribution in [3.8, 4) is 11.9 Å². The molecule has 1 aliphatic heterocycles. The highest BCUT2D eigenvalue weighted by molar-refractivity contribution is 5.44. The topological polar surface area (TPSA) is 70.8 Å². The minimum Gasteiger partial charge on any atom is -0.471 e. The fraction of sp³-hybridized carbons (Fsp3) is 0.545. The molecule has 2 heterocycles. The van der Waals surface area contributed by atoms with Gasteiger partial charge in [0.1, 0.15) is 17.7 Å². The molecule has 1 aliphatic rings. The molecule has 1 fully saturated rings. The lowest BCUT2D eigenvalue weighted by Crippen LogP contribution is -2.21. The summed E-state index contributed by atoms with van der Waals surface area (Å²) in [5.41, 5.74) is 2.12. The first kappa shape index (κ1) is 10.8. The molecular formula is C11H14N4O. The van der Waals surface area contributed by atoms with Crippen LogP contribution in [-0.4, -0.2) is 29.4 Å². The third kappa shape index (κ3) is 1.97. The molecule has 1 aromatic rings. The first-order valence-corrected chi connectivity index (χ1v) is 5.33.